The molecule has 104 valence electrons. The highest BCUT2D eigenvalue weighted by atomic mass is 35.5. The van der Waals surface area contributed by atoms with E-state index in [9.17, 15) is 4.39 Å². The fraction of sp³-hybridized carbons (Fsp3) is 0.583. The summed E-state index contributed by atoms with van der Waals surface area (Å²) < 4.78 is 23.8. The van der Waals surface area contributed by atoms with Crippen LogP contribution in [0.5, 0.6) is 0 Å². The first-order chi connectivity index (χ1) is 8.43. The second kappa shape index (κ2) is 9.08. The first-order valence-corrected chi connectivity index (χ1v) is 6.04. The lowest BCUT2D eigenvalue weighted by molar-refractivity contribution is -0.0907. The van der Waals surface area contributed by atoms with Crippen LogP contribution < -0.4 is 5.73 Å². The Labute approximate surface area is 112 Å². The van der Waals surface area contributed by atoms with Crippen LogP contribution in [-0.2, 0) is 9.47 Å². The SMILES string of the molecule is C=C(CN=C(N)C(OCC)OCC)C(F)=C(C)Cl. The summed E-state index contributed by atoms with van der Waals surface area (Å²) in [7, 11) is 0. The number of amidine groups is 1. The maximum absolute atomic E-state index is 13.3. The van der Waals surface area contributed by atoms with Gasteiger partial charge in [-0.3, -0.25) is 4.99 Å². The molecule has 0 radical (unpaired) electrons. The van der Waals surface area contributed by atoms with Gasteiger partial charge in [0.25, 0.3) is 0 Å². The van der Waals surface area contributed by atoms with Crippen LogP contribution in [0.1, 0.15) is 20.8 Å². The molecule has 0 aliphatic heterocycles. The van der Waals surface area contributed by atoms with Crippen LogP contribution >= 0.6 is 11.6 Å². The van der Waals surface area contributed by atoms with Crippen molar-refractivity contribution in [1.82, 2.24) is 0 Å². The van der Waals surface area contributed by atoms with Gasteiger partial charge in [0.2, 0.25) is 6.29 Å². The molecule has 18 heavy (non-hydrogen) atoms. The Hall–Kier alpha value is -0.910. The number of allylic oxidation sites excluding steroid dienone is 1. The smallest absolute Gasteiger partial charge is 0.216 e. The number of aliphatic imine (C=N–C) groups is 1. The molecule has 0 aromatic carbocycles. The van der Waals surface area contributed by atoms with Gasteiger partial charge in [0.05, 0.1) is 11.6 Å². The van der Waals surface area contributed by atoms with E-state index in [1.54, 1.807) is 0 Å². The quantitative estimate of drug-likeness (QED) is 0.321. The summed E-state index contributed by atoms with van der Waals surface area (Å²) >= 11 is 5.52. The number of nitrogens with two attached hydrogens (primary N) is 1. The van der Waals surface area contributed by atoms with E-state index in [2.05, 4.69) is 11.6 Å². The average molecular weight is 279 g/mol. The Bertz CT molecular complexity index is 333. The molecule has 6 heteroatoms. The van der Waals surface area contributed by atoms with Crippen LogP contribution in [0.2, 0.25) is 0 Å². The summed E-state index contributed by atoms with van der Waals surface area (Å²) in [6.07, 6.45) is -0.711. The number of rotatable bonds is 8. The minimum Gasteiger partial charge on any atom is -0.383 e. The zero-order valence-electron chi connectivity index (χ0n) is 11.0. The normalized spacial score (nSPS) is 13.8. The summed E-state index contributed by atoms with van der Waals surface area (Å²) in [5.41, 5.74) is 5.87. The minimum atomic E-state index is -0.711. The highest BCUT2D eigenvalue weighted by Crippen LogP contribution is 2.17. The van der Waals surface area contributed by atoms with Crippen LogP contribution in [0.15, 0.2) is 28.0 Å². The van der Waals surface area contributed by atoms with Crippen LogP contribution in [0.25, 0.3) is 0 Å². The lowest BCUT2D eigenvalue weighted by Gasteiger charge is -2.16. The Morgan fingerprint density at radius 3 is 2.28 bits per heavy atom. The van der Waals surface area contributed by atoms with E-state index in [1.807, 2.05) is 13.8 Å². The molecule has 0 saturated carbocycles. The van der Waals surface area contributed by atoms with Crippen LogP contribution in [0.3, 0.4) is 0 Å². The third-order valence-electron chi connectivity index (χ3n) is 1.94. The average Bonchev–Trinajstić information content (AvgIpc) is 2.34. The standard InChI is InChI=1S/C12H20ClFN2O2/c1-5-17-12(18-6-2)11(15)16-7-8(3)10(14)9(4)13/h12H,3,5-7H2,1-2,4H3,(H2,15,16). The lowest BCUT2D eigenvalue weighted by atomic mass is 10.2. The summed E-state index contributed by atoms with van der Waals surface area (Å²) in [5, 5.41) is 0.0416. The number of halogens is 2. The van der Waals surface area contributed by atoms with E-state index >= 15 is 0 Å². The van der Waals surface area contributed by atoms with Gasteiger partial charge in [0.1, 0.15) is 5.83 Å². The maximum atomic E-state index is 13.3. The number of hydrogen-bond donors (Lipinski definition) is 1. The summed E-state index contributed by atoms with van der Waals surface area (Å²) in [5.74, 6) is -0.419. The van der Waals surface area contributed by atoms with Crippen molar-refractivity contribution in [2.75, 3.05) is 19.8 Å². The zero-order valence-corrected chi connectivity index (χ0v) is 11.8. The fourth-order valence-corrected chi connectivity index (χ4v) is 1.23. The van der Waals surface area contributed by atoms with E-state index in [4.69, 9.17) is 26.8 Å². The molecule has 0 aliphatic rings. The molecule has 0 spiro atoms. The second-order valence-corrected chi connectivity index (χ2v) is 4.00. The summed E-state index contributed by atoms with van der Waals surface area (Å²) in [4.78, 5) is 3.98. The minimum absolute atomic E-state index is 0.0123. The van der Waals surface area contributed by atoms with Gasteiger partial charge in [0, 0.05) is 18.8 Å². The molecule has 0 amide bonds. The predicted molar refractivity (Wildman–Crippen MR) is 72.3 cm³/mol. The Morgan fingerprint density at radius 2 is 1.89 bits per heavy atom. The second-order valence-electron chi connectivity index (χ2n) is 3.43. The number of ether oxygens (including phenoxy) is 2. The Balaban J connectivity index is 4.57. The van der Waals surface area contributed by atoms with E-state index in [0.717, 1.165) is 0 Å². The van der Waals surface area contributed by atoms with Crippen molar-refractivity contribution in [3.63, 3.8) is 0 Å². The Morgan fingerprint density at radius 1 is 1.39 bits per heavy atom. The van der Waals surface area contributed by atoms with Gasteiger partial charge in [-0.1, -0.05) is 18.2 Å². The van der Waals surface area contributed by atoms with Gasteiger partial charge in [-0.05, 0) is 20.8 Å². The summed E-state index contributed by atoms with van der Waals surface area (Å²) in [6.45, 7) is 9.51. The first-order valence-electron chi connectivity index (χ1n) is 5.67. The van der Waals surface area contributed by atoms with Gasteiger partial charge >= 0.3 is 0 Å². The molecule has 0 aliphatic carbocycles. The molecule has 2 N–H and O–H groups in total. The third kappa shape index (κ3) is 6.14. The maximum Gasteiger partial charge on any atom is 0.216 e. The van der Waals surface area contributed by atoms with Crippen molar-refractivity contribution in [3.8, 4) is 0 Å². The molecule has 4 nitrogen and oxygen atoms in total. The highest BCUT2D eigenvalue weighted by Gasteiger charge is 2.13. The molecule has 0 saturated heterocycles. The Kier molecular flexibility index (Phi) is 8.62. The molecule has 0 aromatic rings. The van der Waals surface area contributed by atoms with Gasteiger partial charge in [0.15, 0.2) is 5.84 Å². The van der Waals surface area contributed by atoms with Crippen molar-refractivity contribution in [2.24, 2.45) is 10.7 Å². The van der Waals surface area contributed by atoms with Crippen molar-refractivity contribution >= 4 is 17.4 Å². The highest BCUT2D eigenvalue weighted by molar-refractivity contribution is 6.29. The molecular formula is C12H20ClFN2O2. The predicted octanol–water partition coefficient (Wildman–Crippen LogP) is 2.74. The van der Waals surface area contributed by atoms with E-state index in [0.29, 0.717) is 13.2 Å². The fourth-order valence-electron chi connectivity index (χ4n) is 1.10. The van der Waals surface area contributed by atoms with E-state index < -0.39 is 12.1 Å². The van der Waals surface area contributed by atoms with Gasteiger partial charge in [-0.2, -0.15) is 0 Å². The van der Waals surface area contributed by atoms with Crippen molar-refractivity contribution in [2.45, 2.75) is 27.1 Å². The molecule has 0 fully saturated rings. The monoisotopic (exact) mass is 278 g/mol. The van der Waals surface area contributed by atoms with Gasteiger partial charge in [-0.15, -0.1) is 0 Å². The molecule has 0 bridgehead atoms. The zero-order chi connectivity index (χ0) is 14.1. The molecule has 0 aromatic heterocycles. The van der Waals surface area contributed by atoms with Crippen molar-refractivity contribution in [3.05, 3.63) is 23.0 Å². The summed E-state index contributed by atoms with van der Waals surface area (Å²) in [6, 6.07) is 0. The van der Waals surface area contributed by atoms with E-state index in [-0.39, 0.29) is 23.0 Å². The van der Waals surface area contributed by atoms with Crippen molar-refractivity contribution < 1.29 is 13.9 Å². The largest absolute Gasteiger partial charge is 0.383 e. The molecule has 0 heterocycles. The number of nitrogens with zero attached hydrogens (tertiary/aromatic N) is 1. The van der Waals surface area contributed by atoms with E-state index in [1.165, 1.54) is 6.92 Å². The number of hydrogen-bond acceptors (Lipinski definition) is 3. The van der Waals surface area contributed by atoms with Crippen LogP contribution in [0.4, 0.5) is 4.39 Å². The molecule has 0 rings (SSSR count). The van der Waals surface area contributed by atoms with Gasteiger partial charge in [-0.25, -0.2) is 4.39 Å². The van der Waals surface area contributed by atoms with Gasteiger partial charge < -0.3 is 15.2 Å². The molecule has 0 unspecified atom stereocenters. The first kappa shape index (κ1) is 17.1. The van der Waals surface area contributed by atoms with Crippen LogP contribution in [-0.4, -0.2) is 31.9 Å². The van der Waals surface area contributed by atoms with Crippen LogP contribution in [0, 0.1) is 0 Å². The topological polar surface area (TPSA) is 56.8 Å². The third-order valence-corrected chi connectivity index (χ3v) is 2.11. The molecule has 0 atom stereocenters. The van der Waals surface area contributed by atoms with Crippen molar-refractivity contribution in [1.29, 1.82) is 0 Å². The lowest BCUT2D eigenvalue weighted by Crippen LogP contribution is -2.34. The molecular weight excluding hydrogens is 259 g/mol.